The molecule has 0 saturated carbocycles. The van der Waals surface area contributed by atoms with E-state index in [0.29, 0.717) is 0 Å². The molecule has 0 amide bonds. The summed E-state index contributed by atoms with van der Waals surface area (Å²) < 4.78 is 6.52. The van der Waals surface area contributed by atoms with Crippen molar-refractivity contribution in [2.45, 2.75) is 0 Å². The summed E-state index contributed by atoms with van der Waals surface area (Å²) in [7, 11) is 0. The predicted octanol–water partition coefficient (Wildman–Crippen LogP) is 7.86. The van der Waals surface area contributed by atoms with Crippen molar-refractivity contribution in [3.8, 4) is 5.75 Å². The molecule has 1 nitrogen and oxygen atoms in total. The Labute approximate surface area is 181 Å². The third-order valence-corrected chi connectivity index (χ3v) is 5.88. The first-order chi connectivity index (χ1) is 15.4. The van der Waals surface area contributed by atoms with Crippen LogP contribution in [0.3, 0.4) is 0 Å². The van der Waals surface area contributed by atoms with Crippen molar-refractivity contribution in [1.29, 1.82) is 0 Å². The summed E-state index contributed by atoms with van der Waals surface area (Å²) in [4.78, 5) is 0. The van der Waals surface area contributed by atoms with E-state index in [0.717, 1.165) is 33.8 Å². The zero-order chi connectivity index (χ0) is 20.6. The van der Waals surface area contributed by atoms with Crippen LogP contribution in [-0.4, -0.2) is 0 Å². The quantitative estimate of drug-likeness (QED) is 0.276. The van der Waals surface area contributed by atoms with Crippen LogP contribution in [0.5, 0.6) is 5.75 Å². The van der Waals surface area contributed by atoms with E-state index in [-0.39, 0.29) is 0 Å². The van der Waals surface area contributed by atoms with Gasteiger partial charge in [0.15, 0.2) is 0 Å². The number of rotatable bonds is 2. The van der Waals surface area contributed by atoms with E-state index < -0.39 is 0 Å². The fraction of sp³-hybridized carbons (Fsp3) is 0. The molecule has 5 aromatic carbocycles. The highest BCUT2D eigenvalue weighted by Crippen LogP contribution is 2.38. The first kappa shape index (κ1) is 17.7. The average molecular weight is 396 g/mol. The van der Waals surface area contributed by atoms with E-state index >= 15 is 0 Å². The average Bonchev–Trinajstić information content (AvgIpc) is 2.84. The Bertz CT molecular complexity index is 1430. The van der Waals surface area contributed by atoms with Crippen molar-refractivity contribution < 1.29 is 4.74 Å². The summed E-state index contributed by atoms with van der Waals surface area (Å²) in [5.41, 5.74) is 4.52. The molecule has 0 unspecified atom stereocenters. The van der Waals surface area contributed by atoms with Gasteiger partial charge >= 0.3 is 0 Å². The molecule has 0 bridgehead atoms. The van der Waals surface area contributed by atoms with Crippen LogP contribution in [0.1, 0.15) is 16.7 Å². The molecular formula is C30H20O. The fourth-order valence-electron chi connectivity index (χ4n) is 4.38. The summed E-state index contributed by atoms with van der Waals surface area (Å²) in [6.45, 7) is 0. The largest absolute Gasteiger partial charge is 0.456 e. The lowest BCUT2D eigenvalue weighted by Crippen LogP contribution is -2.04. The third-order valence-electron chi connectivity index (χ3n) is 5.88. The molecule has 1 heterocycles. The van der Waals surface area contributed by atoms with Crippen LogP contribution in [0.25, 0.3) is 33.2 Å². The maximum absolute atomic E-state index is 6.52. The van der Waals surface area contributed by atoms with Crippen molar-refractivity contribution in [3.05, 3.63) is 138 Å². The molecule has 0 saturated heterocycles. The Balaban J connectivity index is 1.55. The fourth-order valence-corrected chi connectivity index (χ4v) is 4.38. The van der Waals surface area contributed by atoms with E-state index in [2.05, 4.69) is 109 Å². The van der Waals surface area contributed by atoms with Gasteiger partial charge in [0.05, 0.1) is 0 Å². The van der Waals surface area contributed by atoms with Crippen molar-refractivity contribution >= 4 is 33.2 Å². The van der Waals surface area contributed by atoms with Gasteiger partial charge in [-0.15, -0.1) is 0 Å². The van der Waals surface area contributed by atoms with Crippen molar-refractivity contribution in [3.63, 3.8) is 0 Å². The standard InChI is InChI=1S/C30H20O/c1-3-9-21(10-4-1)30(22-11-5-2-6-12-22)29-18-16-26-27-20-24-14-8-7-13-23(24)19-25(27)15-17-28(26)31-29/h1-20H. The van der Waals surface area contributed by atoms with Gasteiger partial charge in [0, 0.05) is 11.1 Å². The van der Waals surface area contributed by atoms with Crippen molar-refractivity contribution in [1.82, 2.24) is 0 Å². The van der Waals surface area contributed by atoms with Crippen molar-refractivity contribution in [2.75, 3.05) is 0 Å². The molecule has 146 valence electrons. The first-order valence-corrected chi connectivity index (χ1v) is 10.5. The molecule has 1 aliphatic heterocycles. The van der Waals surface area contributed by atoms with Crippen molar-refractivity contribution in [2.24, 2.45) is 0 Å². The number of hydrogen-bond acceptors (Lipinski definition) is 1. The summed E-state index contributed by atoms with van der Waals surface area (Å²) in [5, 5.41) is 4.94. The Hall–Kier alpha value is -4.10. The zero-order valence-corrected chi connectivity index (χ0v) is 17.0. The first-order valence-electron chi connectivity index (χ1n) is 10.5. The van der Waals surface area contributed by atoms with E-state index in [1.165, 1.54) is 21.5 Å². The molecule has 0 atom stereocenters. The third kappa shape index (κ3) is 3.12. The molecule has 0 N–H and O–H groups in total. The second-order valence-electron chi connectivity index (χ2n) is 7.80. The lowest BCUT2D eigenvalue weighted by Gasteiger charge is -2.21. The maximum Gasteiger partial charge on any atom is 0.135 e. The summed E-state index contributed by atoms with van der Waals surface area (Å²) in [5.74, 6) is 1.76. The van der Waals surface area contributed by atoms with Crippen LogP contribution in [0.15, 0.2) is 121 Å². The number of fused-ring (bicyclic) bond motifs is 4. The highest BCUT2D eigenvalue weighted by atomic mass is 16.5. The van der Waals surface area contributed by atoms with Gasteiger partial charge in [-0.3, -0.25) is 0 Å². The molecule has 0 aliphatic carbocycles. The van der Waals surface area contributed by atoms with Crippen LogP contribution in [0, 0.1) is 0 Å². The van der Waals surface area contributed by atoms with Gasteiger partial charge < -0.3 is 4.74 Å². The summed E-state index contributed by atoms with van der Waals surface area (Å²) in [6.07, 6.45) is 4.30. The van der Waals surface area contributed by atoms with Gasteiger partial charge in [0.2, 0.25) is 0 Å². The van der Waals surface area contributed by atoms with E-state index in [9.17, 15) is 0 Å². The van der Waals surface area contributed by atoms with Gasteiger partial charge in [-0.1, -0.05) is 91.0 Å². The van der Waals surface area contributed by atoms with Gasteiger partial charge in [-0.25, -0.2) is 0 Å². The molecule has 0 fully saturated rings. The monoisotopic (exact) mass is 396 g/mol. The lowest BCUT2D eigenvalue weighted by atomic mass is 9.94. The molecule has 1 heteroatoms. The second-order valence-corrected chi connectivity index (χ2v) is 7.80. The summed E-state index contributed by atoms with van der Waals surface area (Å²) in [6, 6.07) is 38.1. The molecule has 6 rings (SSSR count). The second kappa shape index (κ2) is 7.30. The molecule has 31 heavy (non-hydrogen) atoms. The lowest BCUT2D eigenvalue weighted by molar-refractivity contribution is 0.443. The van der Waals surface area contributed by atoms with Crippen LogP contribution in [0.2, 0.25) is 0 Å². The smallest absolute Gasteiger partial charge is 0.135 e. The molecule has 0 aromatic heterocycles. The van der Waals surface area contributed by atoms with Gasteiger partial charge in [0.25, 0.3) is 0 Å². The Morgan fingerprint density at radius 2 is 1.13 bits per heavy atom. The Morgan fingerprint density at radius 3 is 1.81 bits per heavy atom. The normalized spacial score (nSPS) is 12.6. The van der Waals surface area contributed by atoms with E-state index in [1.807, 2.05) is 12.1 Å². The molecule has 1 aliphatic rings. The van der Waals surface area contributed by atoms with E-state index in [4.69, 9.17) is 4.74 Å². The highest BCUT2D eigenvalue weighted by molar-refractivity contribution is 6.03. The minimum Gasteiger partial charge on any atom is -0.456 e. The number of allylic oxidation sites excluding steroid dienone is 1. The zero-order valence-electron chi connectivity index (χ0n) is 17.0. The number of ether oxygens (including phenoxy) is 1. The highest BCUT2D eigenvalue weighted by Gasteiger charge is 2.18. The number of benzene rings is 5. The molecular weight excluding hydrogens is 376 g/mol. The number of hydrogen-bond donors (Lipinski definition) is 0. The van der Waals surface area contributed by atoms with Crippen LogP contribution < -0.4 is 4.74 Å². The van der Waals surface area contributed by atoms with E-state index in [1.54, 1.807) is 0 Å². The van der Waals surface area contributed by atoms with Crippen LogP contribution in [0.4, 0.5) is 0 Å². The molecule has 5 aromatic rings. The topological polar surface area (TPSA) is 9.23 Å². The van der Waals surface area contributed by atoms with Gasteiger partial charge in [-0.2, -0.15) is 0 Å². The maximum atomic E-state index is 6.52. The van der Waals surface area contributed by atoms with Gasteiger partial charge in [-0.05, 0) is 63.0 Å². The predicted molar refractivity (Wildman–Crippen MR) is 130 cm³/mol. The van der Waals surface area contributed by atoms with Gasteiger partial charge in [0.1, 0.15) is 11.5 Å². The SMILES string of the molecule is C1=Cc2c(ccc3cc4ccccc4cc23)OC1=C(c1ccccc1)c1ccccc1. The van der Waals surface area contributed by atoms with Crippen LogP contribution >= 0.6 is 0 Å². The summed E-state index contributed by atoms with van der Waals surface area (Å²) >= 11 is 0. The minimum absolute atomic E-state index is 0.866. The molecule has 0 spiro atoms. The molecule has 0 radical (unpaired) electrons. The minimum atomic E-state index is 0.866. The Morgan fingerprint density at radius 1 is 0.516 bits per heavy atom. The Kier molecular flexibility index (Phi) is 4.18. The van der Waals surface area contributed by atoms with Crippen LogP contribution in [-0.2, 0) is 0 Å².